The van der Waals surface area contributed by atoms with E-state index in [0.717, 1.165) is 23.5 Å². The highest BCUT2D eigenvalue weighted by Crippen LogP contribution is 2.34. The van der Waals surface area contributed by atoms with Crippen LogP contribution in [-0.4, -0.2) is 80.5 Å². The molecule has 3 rings (SSSR count). The van der Waals surface area contributed by atoms with Crippen LogP contribution < -0.4 is 9.47 Å². The first-order valence-corrected chi connectivity index (χ1v) is 11.6. The third-order valence-electron chi connectivity index (χ3n) is 5.46. The van der Waals surface area contributed by atoms with Crippen molar-refractivity contribution in [2.24, 2.45) is 0 Å². The molecule has 1 amide bonds. The van der Waals surface area contributed by atoms with Gasteiger partial charge in [-0.2, -0.15) is 0 Å². The van der Waals surface area contributed by atoms with Crippen LogP contribution in [0.25, 0.3) is 0 Å². The molecule has 0 saturated heterocycles. The summed E-state index contributed by atoms with van der Waals surface area (Å²) in [6, 6.07) is 9.37. The molecule has 0 fully saturated rings. The van der Waals surface area contributed by atoms with Gasteiger partial charge in [0.1, 0.15) is 18.1 Å². The summed E-state index contributed by atoms with van der Waals surface area (Å²) < 4.78 is 16.3. The molecule has 1 aromatic carbocycles. The van der Waals surface area contributed by atoms with E-state index >= 15 is 0 Å². The maximum Gasteiger partial charge on any atom is 0.237 e. The van der Waals surface area contributed by atoms with Crippen molar-refractivity contribution in [1.82, 2.24) is 9.80 Å². The topological polar surface area (TPSA) is 71.5 Å². The van der Waals surface area contributed by atoms with Crippen molar-refractivity contribution in [3.05, 3.63) is 58.8 Å². The second-order valence-corrected chi connectivity index (χ2v) is 8.73. The number of hydrogen-bond acceptors (Lipinski definition) is 7. The van der Waals surface area contributed by atoms with E-state index in [-0.39, 0.29) is 25.1 Å². The number of aliphatic hydroxyl groups is 1. The van der Waals surface area contributed by atoms with Gasteiger partial charge in [0.25, 0.3) is 0 Å². The minimum absolute atomic E-state index is 0.0108. The second-order valence-electron chi connectivity index (χ2n) is 7.73. The molecule has 1 aliphatic rings. The highest BCUT2D eigenvalue weighted by Gasteiger charge is 2.33. The molecule has 1 aliphatic heterocycles. The minimum atomic E-state index is -0.660. The molecule has 0 aliphatic carbocycles. The normalized spacial score (nSPS) is 16.5. The number of amides is 1. The van der Waals surface area contributed by atoms with Gasteiger partial charge in [0, 0.05) is 31.6 Å². The monoisotopic (exact) mass is 460 g/mol. The third-order valence-corrected chi connectivity index (χ3v) is 6.45. The van der Waals surface area contributed by atoms with E-state index in [2.05, 4.69) is 18.0 Å². The first-order chi connectivity index (χ1) is 15.5. The number of methoxy groups -OCH3 is 2. The Kier molecular flexibility index (Phi) is 9.11. The van der Waals surface area contributed by atoms with Crippen LogP contribution in [0, 0.1) is 0 Å². The first kappa shape index (κ1) is 24.3. The predicted octanol–water partition coefficient (Wildman–Crippen LogP) is 2.76. The maximum absolute atomic E-state index is 13.3. The van der Waals surface area contributed by atoms with Gasteiger partial charge in [-0.15, -0.1) is 17.9 Å². The zero-order valence-corrected chi connectivity index (χ0v) is 19.6. The lowest BCUT2D eigenvalue weighted by Gasteiger charge is -2.37. The van der Waals surface area contributed by atoms with Gasteiger partial charge >= 0.3 is 0 Å². The third kappa shape index (κ3) is 6.32. The fraction of sp³-hybridized carbons (Fsp3) is 0.458. The molecule has 0 saturated carbocycles. The number of hydrogen-bond donors (Lipinski definition) is 1. The van der Waals surface area contributed by atoms with Crippen molar-refractivity contribution in [3.8, 4) is 11.5 Å². The van der Waals surface area contributed by atoms with E-state index in [0.29, 0.717) is 26.2 Å². The molecule has 0 radical (unpaired) electrons. The molecule has 2 aromatic rings. The molecule has 2 heterocycles. The summed E-state index contributed by atoms with van der Waals surface area (Å²) in [4.78, 5) is 18.4. The molecule has 2 atom stereocenters. The molecular weight excluding hydrogens is 428 g/mol. The Morgan fingerprint density at radius 3 is 2.75 bits per heavy atom. The van der Waals surface area contributed by atoms with Crippen molar-refractivity contribution in [3.63, 3.8) is 0 Å². The molecule has 7 nitrogen and oxygen atoms in total. The molecule has 32 heavy (non-hydrogen) atoms. The van der Waals surface area contributed by atoms with E-state index in [1.165, 1.54) is 4.88 Å². The molecular formula is C24H32N2O5S. The molecule has 174 valence electrons. The quantitative estimate of drug-likeness (QED) is 0.491. The summed E-state index contributed by atoms with van der Waals surface area (Å²) in [5.41, 5.74) is 1.15. The SMILES string of the molecule is C=CCN(CC(=O)N1CCc2sccc2[C@H]1COc1ccc(OC)cc1)C[C@H](O)COC. The van der Waals surface area contributed by atoms with Crippen LogP contribution in [0.15, 0.2) is 48.4 Å². The van der Waals surface area contributed by atoms with Gasteiger partial charge in [0.2, 0.25) is 5.91 Å². The molecule has 8 heteroatoms. The van der Waals surface area contributed by atoms with Crippen molar-refractivity contribution in [2.75, 3.05) is 53.6 Å². The van der Waals surface area contributed by atoms with E-state index in [4.69, 9.17) is 14.2 Å². The van der Waals surface area contributed by atoms with Gasteiger partial charge in [-0.1, -0.05) is 6.08 Å². The summed E-state index contributed by atoms with van der Waals surface area (Å²) in [6.07, 6.45) is 1.92. The Bertz CT molecular complexity index is 870. The van der Waals surface area contributed by atoms with E-state index < -0.39 is 6.10 Å². The predicted molar refractivity (Wildman–Crippen MR) is 125 cm³/mol. The fourth-order valence-electron chi connectivity index (χ4n) is 3.93. The van der Waals surface area contributed by atoms with Gasteiger partial charge in [0.05, 0.1) is 32.4 Å². The van der Waals surface area contributed by atoms with E-state index in [9.17, 15) is 9.90 Å². The number of fused-ring (bicyclic) bond motifs is 1. The lowest BCUT2D eigenvalue weighted by Crippen LogP contribution is -2.48. The standard InChI is InChI=1S/C24H32N2O5S/c1-4-11-25(14-18(27)16-29-2)15-24(28)26-12-9-23-21(10-13-32-23)22(26)17-31-20-7-5-19(30-3)6-8-20/h4-8,10,13,18,22,27H,1,9,11-12,14-17H2,2-3H3/t18-,22+/m0/s1. The van der Waals surface area contributed by atoms with E-state index in [1.807, 2.05) is 34.1 Å². The van der Waals surface area contributed by atoms with Gasteiger partial charge < -0.3 is 24.2 Å². The van der Waals surface area contributed by atoms with Crippen LogP contribution in [-0.2, 0) is 16.0 Å². The number of benzene rings is 1. The van der Waals surface area contributed by atoms with Crippen LogP contribution in [0.5, 0.6) is 11.5 Å². The summed E-state index contributed by atoms with van der Waals surface area (Å²) in [5, 5.41) is 12.2. The number of thiophene rings is 1. The lowest BCUT2D eigenvalue weighted by molar-refractivity contribution is -0.136. The number of aliphatic hydroxyl groups excluding tert-OH is 1. The highest BCUT2D eigenvalue weighted by molar-refractivity contribution is 7.10. The Morgan fingerprint density at radius 1 is 1.31 bits per heavy atom. The van der Waals surface area contributed by atoms with Crippen molar-refractivity contribution >= 4 is 17.2 Å². The zero-order valence-electron chi connectivity index (χ0n) is 18.7. The molecule has 0 unspecified atom stereocenters. The van der Waals surface area contributed by atoms with Crippen LogP contribution in [0.3, 0.4) is 0 Å². The maximum atomic E-state index is 13.3. The summed E-state index contributed by atoms with van der Waals surface area (Å²) >= 11 is 1.72. The molecule has 0 spiro atoms. The van der Waals surface area contributed by atoms with Gasteiger partial charge in [-0.3, -0.25) is 9.69 Å². The smallest absolute Gasteiger partial charge is 0.237 e. The van der Waals surface area contributed by atoms with E-state index in [1.54, 1.807) is 31.6 Å². The minimum Gasteiger partial charge on any atom is -0.497 e. The van der Waals surface area contributed by atoms with Crippen LogP contribution in [0.2, 0.25) is 0 Å². The fourth-order valence-corrected chi connectivity index (χ4v) is 4.86. The molecule has 1 N–H and O–H groups in total. The number of carbonyl (C=O) groups is 1. The number of carbonyl (C=O) groups excluding carboxylic acids is 1. The average Bonchev–Trinajstić information content (AvgIpc) is 3.27. The van der Waals surface area contributed by atoms with Crippen LogP contribution in [0.1, 0.15) is 16.5 Å². The lowest BCUT2D eigenvalue weighted by atomic mass is 10.0. The Morgan fingerprint density at radius 2 is 2.06 bits per heavy atom. The van der Waals surface area contributed by atoms with Gasteiger partial charge in [-0.25, -0.2) is 0 Å². The van der Waals surface area contributed by atoms with Crippen LogP contribution in [0.4, 0.5) is 0 Å². The summed E-state index contributed by atoms with van der Waals surface area (Å²) in [7, 11) is 3.18. The summed E-state index contributed by atoms with van der Waals surface area (Å²) in [6.45, 7) is 6.07. The summed E-state index contributed by atoms with van der Waals surface area (Å²) in [5.74, 6) is 1.51. The zero-order chi connectivity index (χ0) is 22.9. The van der Waals surface area contributed by atoms with Crippen molar-refractivity contribution in [1.29, 1.82) is 0 Å². The first-order valence-electron chi connectivity index (χ1n) is 10.7. The van der Waals surface area contributed by atoms with Gasteiger partial charge in [0.15, 0.2) is 0 Å². The average molecular weight is 461 g/mol. The van der Waals surface area contributed by atoms with Crippen molar-refractivity contribution in [2.45, 2.75) is 18.6 Å². The molecule has 1 aromatic heterocycles. The highest BCUT2D eigenvalue weighted by atomic mass is 32.1. The Balaban J connectivity index is 1.70. The number of ether oxygens (including phenoxy) is 3. The number of rotatable bonds is 12. The van der Waals surface area contributed by atoms with Crippen molar-refractivity contribution < 1.29 is 24.1 Å². The van der Waals surface area contributed by atoms with Crippen LogP contribution >= 0.6 is 11.3 Å². The Hall–Kier alpha value is -2.39. The molecule has 0 bridgehead atoms. The number of nitrogens with zero attached hydrogens (tertiary/aromatic N) is 2. The van der Waals surface area contributed by atoms with Gasteiger partial charge in [-0.05, 0) is 47.7 Å². The largest absolute Gasteiger partial charge is 0.497 e. The second kappa shape index (κ2) is 12.0. The Labute approximate surface area is 193 Å².